The summed E-state index contributed by atoms with van der Waals surface area (Å²) in [6, 6.07) is 7.06. The van der Waals surface area contributed by atoms with Gasteiger partial charge in [-0.1, -0.05) is 45.7 Å². The first kappa shape index (κ1) is 12.1. The molecule has 1 fully saturated rings. The zero-order valence-corrected chi connectivity index (χ0v) is 11.9. The molecule has 98 valence electrons. The van der Waals surface area contributed by atoms with Gasteiger partial charge < -0.3 is 5.32 Å². The van der Waals surface area contributed by atoms with Crippen molar-refractivity contribution in [3.63, 3.8) is 0 Å². The van der Waals surface area contributed by atoms with Crippen molar-refractivity contribution in [2.75, 3.05) is 11.9 Å². The Bertz CT molecular complexity index is 435. The van der Waals surface area contributed by atoms with Crippen molar-refractivity contribution in [3.8, 4) is 0 Å². The van der Waals surface area contributed by atoms with Gasteiger partial charge in [0, 0.05) is 18.2 Å². The van der Waals surface area contributed by atoms with Crippen LogP contribution in [0, 0.1) is 5.92 Å². The number of benzene rings is 1. The lowest BCUT2D eigenvalue weighted by molar-refractivity contribution is 0.459. The number of hydrogen-bond acceptors (Lipinski definition) is 1. The maximum Gasteiger partial charge on any atom is 0.0376 e. The molecule has 1 aromatic carbocycles. The van der Waals surface area contributed by atoms with E-state index in [1.54, 1.807) is 5.56 Å². The standard InChI is InChI=1S/C17H25N/c1-17(2,3)13-8-9-16-14(10-13)15(11-18-16)12-6-4-5-7-12/h8-10,12,15,18H,4-7,11H2,1-3H3. The SMILES string of the molecule is CC(C)(C)c1ccc2c(c1)C(C1CCCC1)CN2. The van der Waals surface area contributed by atoms with E-state index in [4.69, 9.17) is 0 Å². The average molecular weight is 243 g/mol. The molecule has 1 aliphatic carbocycles. The lowest BCUT2D eigenvalue weighted by atomic mass is 9.81. The van der Waals surface area contributed by atoms with Crippen molar-refractivity contribution >= 4 is 5.69 Å². The molecule has 1 heteroatoms. The first-order chi connectivity index (χ1) is 8.55. The van der Waals surface area contributed by atoms with Crippen molar-refractivity contribution in [2.45, 2.75) is 57.8 Å². The highest BCUT2D eigenvalue weighted by Gasteiger charge is 2.32. The maximum absolute atomic E-state index is 3.61. The van der Waals surface area contributed by atoms with Crippen molar-refractivity contribution in [1.82, 2.24) is 0 Å². The Morgan fingerprint density at radius 2 is 1.83 bits per heavy atom. The van der Waals surface area contributed by atoms with Gasteiger partial charge in [0.2, 0.25) is 0 Å². The molecule has 0 spiro atoms. The molecule has 18 heavy (non-hydrogen) atoms. The molecule has 1 saturated carbocycles. The molecule has 1 N–H and O–H groups in total. The number of anilines is 1. The first-order valence-electron chi connectivity index (χ1n) is 7.44. The van der Waals surface area contributed by atoms with E-state index < -0.39 is 0 Å². The molecule has 1 aromatic rings. The van der Waals surface area contributed by atoms with Crippen molar-refractivity contribution in [2.24, 2.45) is 5.92 Å². The lowest BCUT2D eigenvalue weighted by Gasteiger charge is -2.22. The molecular weight excluding hydrogens is 218 g/mol. The smallest absolute Gasteiger partial charge is 0.0376 e. The van der Waals surface area contributed by atoms with Crippen LogP contribution in [0.3, 0.4) is 0 Å². The minimum absolute atomic E-state index is 0.262. The summed E-state index contributed by atoms with van der Waals surface area (Å²) in [5.41, 5.74) is 4.72. The summed E-state index contributed by atoms with van der Waals surface area (Å²) in [4.78, 5) is 0. The summed E-state index contributed by atoms with van der Waals surface area (Å²) in [7, 11) is 0. The van der Waals surface area contributed by atoms with Gasteiger partial charge in [0.1, 0.15) is 0 Å². The Kier molecular flexibility index (Phi) is 2.88. The summed E-state index contributed by atoms with van der Waals surface area (Å²) in [5.74, 6) is 1.69. The van der Waals surface area contributed by atoms with E-state index in [1.165, 1.54) is 36.9 Å². The largest absolute Gasteiger partial charge is 0.384 e. The van der Waals surface area contributed by atoms with E-state index in [1.807, 2.05) is 0 Å². The highest BCUT2D eigenvalue weighted by Crippen LogP contribution is 2.44. The van der Waals surface area contributed by atoms with Crippen molar-refractivity contribution < 1.29 is 0 Å². The molecule has 3 rings (SSSR count). The normalized spacial score (nSPS) is 24.1. The molecule has 0 saturated heterocycles. The topological polar surface area (TPSA) is 12.0 Å². The third-order valence-corrected chi connectivity index (χ3v) is 4.80. The fraction of sp³-hybridized carbons (Fsp3) is 0.647. The van der Waals surface area contributed by atoms with Crippen LogP contribution in [0.15, 0.2) is 18.2 Å². The van der Waals surface area contributed by atoms with Crippen LogP contribution in [-0.2, 0) is 5.41 Å². The summed E-state index contributed by atoms with van der Waals surface area (Å²) in [6.45, 7) is 8.08. The molecule has 1 atom stereocenters. The fourth-order valence-corrected chi connectivity index (χ4v) is 3.61. The molecule has 1 aliphatic heterocycles. The average Bonchev–Trinajstić information content (AvgIpc) is 2.95. The van der Waals surface area contributed by atoms with Crippen molar-refractivity contribution in [3.05, 3.63) is 29.3 Å². The van der Waals surface area contributed by atoms with E-state index in [9.17, 15) is 0 Å². The van der Waals surface area contributed by atoms with Gasteiger partial charge in [-0.2, -0.15) is 0 Å². The van der Waals surface area contributed by atoms with Crippen LogP contribution in [0.2, 0.25) is 0 Å². The van der Waals surface area contributed by atoms with Gasteiger partial charge >= 0.3 is 0 Å². The van der Waals surface area contributed by atoms with Crippen LogP contribution in [-0.4, -0.2) is 6.54 Å². The predicted molar refractivity (Wildman–Crippen MR) is 78.3 cm³/mol. The monoisotopic (exact) mass is 243 g/mol. The zero-order valence-electron chi connectivity index (χ0n) is 11.9. The molecule has 2 aliphatic rings. The lowest BCUT2D eigenvalue weighted by Crippen LogP contribution is -2.14. The number of hydrogen-bond donors (Lipinski definition) is 1. The van der Waals surface area contributed by atoms with E-state index in [2.05, 4.69) is 44.3 Å². The number of fused-ring (bicyclic) bond motifs is 1. The third kappa shape index (κ3) is 2.04. The van der Waals surface area contributed by atoms with E-state index in [0.717, 1.165) is 18.4 Å². The van der Waals surface area contributed by atoms with Crippen LogP contribution in [0.4, 0.5) is 5.69 Å². The minimum Gasteiger partial charge on any atom is -0.384 e. The third-order valence-electron chi connectivity index (χ3n) is 4.80. The van der Waals surface area contributed by atoms with Crippen LogP contribution < -0.4 is 5.32 Å². The maximum atomic E-state index is 3.61. The van der Waals surface area contributed by atoms with Crippen LogP contribution in [0.25, 0.3) is 0 Å². The van der Waals surface area contributed by atoms with Gasteiger partial charge in [-0.25, -0.2) is 0 Å². The quantitative estimate of drug-likeness (QED) is 0.755. The van der Waals surface area contributed by atoms with Gasteiger partial charge in [-0.15, -0.1) is 0 Å². The summed E-state index contributed by atoms with van der Waals surface area (Å²) < 4.78 is 0. The summed E-state index contributed by atoms with van der Waals surface area (Å²) in [6.07, 6.45) is 5.75. The molecule has 0 amide bonds. The van der Waals surface area contributed by atoms with E-state index >= 15 is 0 Å². The second-order valence-corrected chi connectivity index (χ2v) is 7.08. The molecular formula is C17H25N. The van der Waals surface area contributed by atoms with Gasteiger partial charge in [0.15, 0.2) is 0 Å². The van der Waals surface area contributed by atoms with Crippen LogP contribution >= 0.6 is 0 Å². The summed E-state index contributed by atoms with van der Waals surface area (Å²) in [5, 5.41) is 3.61. The van der Waals surface area contributed by atoms with E-state index in [-0.39, 0.29) is 5.41 Å². The summed E-state index contributed by atoms with van der Waals surface area (Å²) >= 11 is 0. The van der Waals surface area contributed by atoms with Crippen LogP contribution in [0.5, 0.6) is 0 Å². The Balaban J connectivity index is 1.93. The Morgan fingerprint density at radius 3 is 2.50 bits per heavy atom. The Hall–Kier alpha value is -0.980. The second-order valence-electron chi connectivity index (χ2n) is 7.08. The van der Waals surface area contributed by atoms with Crippen molar-refractivity contribution in [1.29, 1.82) is 0 Å². The number of nitrogens with one attached hydrogen (secondary N) is 1. The highest BCUT2D eigenvalue weighted by molar-refractivity contribution is 5.59. The van der Waals surface area contributed by atoms with Crippen LogP contribution in [0.1, 0.15) is 63.5 Å². The predicted octanol–water partition coefficient (Wildman–Crippen LogP) is 4.68. The van der Waals surface area contributed by atoms with Gasteiger partial charge in [0.05, 0.1) is 0 Å². The van der Waals surface area contributed by atoms with Gasteiger partial charge in [-0.05, 0) is 41.4 Å². The molecule has 1 nitrogen and oxygen atoms in total. The molecule has 0 radical (unpaired) electrons. The van der Waals surface area contributed by atoms with E-state index in [0.29, 0.717) is 0 Å². The zero-order chi connectivity index (χ0) is 12.8. The van der Waals surface area contributed by atoms with Gasteiger partial charge in [0.25, 0.3) is 0 Å². The molecule has 1 heterocycles. The first-order valence-corrected chi connectivity index (χ1v) is 7.44. The Morgan fingerprint density at radius 1 is 1.11 bits per heavy atom. The number of rotatable bonds is 1. The minimum atomic E-state index is 0.262. The molecule has 0 aromatic heterocycles. The van der Waals surface area contributed by atoms with Gasteiger partial charge in [-0.3, -0.25) is 0 Å². The second kappa shape index (κ2) is 4.29. The Labute approximate surface area is 111 Å². The highest BCUT2D eigenvalue weighted by atomic mass is 14.9. The molecule has 0 bridgehead atoms. The molecule has 1 unspecified atom stereocenters. The fourth-order valence-electron chi connectivity index (χ4n) is 3.61.